The van der Waals surface area contributed by atoms with Crippen LogP contribution in [0.3, 0.4) is 0 Å². The molecule has 2 aromatic rings. The van der Waals surface area contributed by atoms with Gasteiger partial charge in [0.1, 0.15) is 5.75 Å². The van der Waals surface area contributed by atoms with Crippen molar-refractivity contribution in [3.8, 4) is 5.75 Å². The summed E-state index contributed by atoms with van der Waals surface area (Å²) in [6.45, 7) is 2.78. The fourth-order valence-electron chi connectivity index (χ4n) is 3.14. The average molecular weight is 282 g/mol. The molecule has 0 fully saturated rings. The third-order valence-corrected chi connectivity index (χ3v) is 4.26. The van der Waals surface area contributed by atoms with E-state index in [0.717, 1.165) is 30.6 Å². The molecule has 110 valence electrons. The van der Waals surface area contributed by atoms with Gasteiger partial charge in [0.2, 0.25) is 0 Å². The Hall–Kier alpha value is -1.80. The van der Waals surface area contributed by atoms with E-state index >= 15 is 0 Å². The van der Waals surface area contributed by atoms with E-state index in [1.165, 1.54) is 11.1 Å². The van der Waals surface area contributed by atoms with Gasteiger partial charge in [-0.3, -0.25) is 0 Å². The minimum absolute atomic E-state index is 0.662. The molecule has 1 aliphatic rings. The maximum Gasteiger partial charge on any atom is 0.125 e. The summed E-state index contributed by atoms with van der Waals surface area (Å²) in [5.74, 6) is 0.821. The Balaban J connectivity index is 1.93. The minimum Gasteiger partial charge on any atom is -0.493 e. The van der Waals surface area contributed by atoms with Crippen molar-refractivity contribution in [1.29, 1.82) is 0 Å². The van der Waals surface area contributed by atoms with Gasteiger partial charge in [-0.2, -0.15) is 0 Å². The molecule has 0 saturated carbocycles. The van der Waals surface area contributed by atoms with Gasteiger partial charge >= 0.3 is 0 Å². The van der Waals surface area contributed by atoms with E-state index in [4.69, 9.17) is 4.74 Å². The lowest BCUT2D eigenvalue weighted by Crippen LogP contribution is -2.33. The van der Waals surface area contributed by atoms with Gasteiger partial charge in [-0.1, -0.05) is 49.4 Å². The standard InChI is InChI=1S/C19H22O2/c1-2-13-21-18-10-6-5-9-17(18)19(20)12-11-15-7-3-4-8-16(15)14-19/h3-10,20H,2,11-14H2,1H3. The van der Waals surface area contributed by atoms with Crippen LogP contribution in [0.4, 0.5) is 0 Å². The first-order chi connectivity index (χ1) is 10.2. The van der Waals surface area contributed by atoms with Gasteiger partial charge < -0.3 is 9.84 Å². The topological polar surface area (TPSA) is 29.5 Å². The monoisotopic (exact) mass is 282 g/mol. The number of benzene rings is 2. The Morgan fingerprint density at radius 2 is 1.76 bits per heavy atom. The molecule has 1 unspecified atom stereocenters. The van der Waals surface area contributed by atoms with Crippen LogP contribution in [0.5, 0.6) is 5.75 Å². The van der Waals surface area contributed by atoms with Crippen LogP contribution in [0.1, 0.15) is 36.5 Å². The van der Waals surface area contributed by atoms with Crippen LogP contribution in [-0.4, -0.2) is 11.7 Å². The van der Waals surface area contributed by atoms with Gasteiger partial charge in [-0.25, -0.2) is 0 Å². The highest BCUT2D eigenvalue weighted by atomic mass is 16.5. The van der Waals surface area contributed by atoms with Crippen molar-refractivity contribution < 1.29 is 9.84 Å². The second-order valence-corrected chi connectivity index (χ2v) is 5.82. The fourth-order valence-corrected chi connectivity index (χ4v) is 3.14. The molecule has 1 atom stereocenters. The van der Waals surface area contributed by atoms with Crippen molar-refractivity contribution in [1.82, 2.24) is 0 Å². The summed E-state index contributed by atoms with van der Waals surface area (Å²) < 4.78 is 5.83. The average Bonchev–Trinajstić information content (AvgIpc) is 2.53. The normalized spacial score (nSPS) is 20.9. The molecule has 0 radical (unpaired) electrons. The minimum atomic E-state index is -0.821. The Kier molecular flexibility index (Phi) is 3.98. The summed E-state index contributed by atoms with van der Waals surface area (Å²) in [6.07, 6.45) is 3.29. The lowest BCUT2D eigenvalue weighted by atomic mass is 9.76. The van der Waals surface area contributed by atoms with E-state index in [0.29, 0.717) is 13.0 Å². The zero-order valence-electron chi connectivity index (χ0n) is 12.5. The van der Waals surface area contributed by atoms with Crippen LogP contribution >= 0.6 is 0 Å². The number of hydrogen-bond acceptors (Lipinski definition) is 2. The number of fused-ring (bicyclic) bond motifs is 1. The van der Waals surface area contributed by atoms with Gasteiger partial charge in [-0.05, 0) is 36.5 Å². The first-order valence-corrected chi connectivity index (χ1v) is 7.74. The highest BCUT2D eigenvalue weighted by molar-refractivity contribution is 5.42. The molecule has 2 nitrogen and oxygen atoms in total. The first-order valence-electron chi connectivity index (χ1n) is 7.74. The largest absolute Gasteiger partial charge is 0.493 e. The van der Waals surface area contributed by atoms with Crippen LogP contribution < -0.4 is 4.74 Å². The number of aliphatic hydroxyl groups is 1. The highest BCUT2D eigenvalue weighted by Crippen LogP contribution is 2.40. The fraction of sp³-hybridized carbons (Fsp3) is 0.368. The Bertz CT molecular complexity index is 620. The van der Waals surface area contributed by atoms with Gasteiger partial charge in [0.15, 0.2) is 0 Å². The van der Waals surface area contributed by atoms with Crippen molar-refractivity contribution in [2.45, 2.75) is 38.2 Å². The molecule has 21 heavy (non-hydrogen) atoms. The Morgan fingerprint density at radius 1 is 1.05 bits per heavy atom. The van der Waals surface area contributed by atoms with Gasteiger partial charge in [0.05, 0.1) is 12.2 Å². The number of hydrogen-bond donors (Lipinski definition) is 1. The quantitative estimate of drug-likeness (QED) is 0.923. The van der Waals surface area contributed by atoms with Gasteiger partial charge in [-0.15, -0.1) is 0 Å². The second kappa shape index (κ2) is 5.90. The van der Waals surface area contributed by atoms with Crippen LogP contribution in [0.25, 0.3) is 0 Å². The third-order valence-electron chi connectivity index (χ3n) is 4.26. The lowest BCUT2D eigenvalue weighted by molar-refractivity contribution is 0.0194. The maximum atomic E-state index is 11.2. The van der Waals surface area contributed by atoms with Crippen molar-refractivity contribution >= 4 is 0 Å². The molecule has 1 aliphatic carbocycles. The second-order valence-electron chi connectivity index (χ2n) is 5.82. The number of aryl methyl sites for hydroxylation is 1. The SMILES string of the molecule is CCCOc1ccccc1C1(O)CCc2ccccc2C1. The molecule has 3 rings (SSSR count). The van der Waals surface area contributed by atoms with Crippen LogP contribution in [0.2, 0.25) is 0 Å². The summed E-state index contributed by atoms with van der Waals surface area (Å²) >= 11 is 0. The summed E-state index contributed by atoms with van der Waals surface area (Å²) in [5, 5.41) is 11.2. The van der Waals surface area contributed by atoms with E-state index in [2.05, 4.69) is 25.1 Å². The Labute approximate surface area is 126 Å². The molecule has 0 aromatic heterocycles. The molecule has 0 amide bonds. The van der Waals surface area contributed by atoms with E-state index in [9.17, 15) is 5.11 Å². The first kappa shape index (κ1) is 14.2. The third kappa shape index (κ3) is 2.81. The highest BCUT2D eigenvalue weighted by Gasteiger charge is 2.35. The summed E-state index contributed by atoms with van der Waals surface area (Å²) in [5.41, 5.74) is 2.71. The van der Waals surface area contributed by atoms with Crippen molar-refractivity contribution in [3.05, 3.63) is 65.2 Å². The lowest BCUT2D eigenvalue weighted by Gasteiger charge is -2.35. The predicted molar refractivity (Wildman–Crippen MR) is 84.6 cm³/mol. The molecule has 2 heteroatoms. The van der Waals surface area contributed by atoms with E-state index < -0.39 is 5.60 Å². The number of para-hydroxylation sites is 1. The van der Waals surface area contributed by atoms with Crippen LogP contribution in [-0.2, 0) is 18.4 Å². The van der Waals surface area contributed by atoms with Crippen molar-refractivity contribution in [2.75, 3.05) is 6.61 Å². The number of rotatable bonds is 4. The predicted octanol–water partition coefficient (Wildman–Crippen LogP) is 3.85. The molecule has 2 aromatic carbocycles. The van der Waals surface area contributed by atoms with Crippen molar-refractivity contribution in [3.63, 3.8) is 0 Å². The zero-order valence-corrected chi connectivity index (χ0v) is 12.5. The maximum absolute atomic E-state index is 11.2. The molecular weight excluding hydrogens is 260 g/mol. The van der Waals surface area contributed by atoms with E-state index in [-0.39, 0.29) is 0 Å². The van der Waals surface area contributed by atoms with Crippen LogP contribution in [0.15, 0.2) is 48.5 Å². The summed E-state index contributed by atoms with van der Waals surface area (Å²) in [6, 6.07) is 16.3. The van der Waals surface area contributed by atoms with E-state index in [1.807, 2.05) is 30.3 Å². The smallest absolute Gasteiger partial charge is 0.125 e. The molecule has 0 aliphatic heterocycles. The molecule has 0 saturated heterocycles. The van der Waals surface area contributed by atoms with Crippen LogP contribution in [0, 0.1) is 0 Å². The zero-order chi connectivity index (χ0) is 14.7. The molecule has 0 bridgehead atoms. The van der Waals surface area contributed by atoms with Crippen molar-refractivity contribution in [2.24, 2.45) is 0 Å². The molecular formula is C19H22O2. The molecule has 0 spiro atoms. The molecule has 1 N–H and O–H groups in total. The van der Waals surface area contributed by atoms with Gasteiger partial charge in [0, 0.05) is 12.0 Å². The Morgan fingerprint density at radius 3 is 2.57 bits per heavy atom. The molecule has 0 heterocycles. The summed E-state index contributed by atoms with van der Waals surface area (Å²) in [4.78, 5) is 0. The van der Waals surface area contributed by atoms with E-state index in [1.54, 1.807) is 0 Å². The van der Waals surface area contributed by atoms with Gasteiger partial charge in [0.25, 0.3) is 0 Å². The summed E-state index contributed by atoms with van der Waals surface area (Å²) in [7, 11) is 0. The number of ether oxygens (including phenoxy) is 1.